The SMILES string of the molecule is CCC(C)CN(C)Cc1ccc2c(c1)NCC2. The zero-order valence-electron chi connectivity index (χ0n) is 11.3. The molecule has 0 amide bonds. The zero-order chi connectivity index (χ0) is 12.3. The topological polar surface area (TPSA) is 15.3 Å². The molecule has 0 aliphatic carbocycles. The summed E-state index contributed by atoms with van der Waals surface area (Å²) in [7, 11) is 2.22. The molecular weight excluding hydrogens is 208 g/mol. The number of anilines is 1. The Morgan fingerprint density at radius 1 is 1.41 bits per heavy atom. The molecule has 2 rings (SSSR count). The Labute approximate surface area is 105 Å². The van der Waals surface area contributed by atoms with Gasteiger partial charge in [0.25, 0.3) is 0 Å². The lowest BCUT2D eigenvalue weighted by molar-refractivity contribution is 0.275. The molecule has 0 saturated heterocycles. The van der Waals surface area contributed by atoms with Crippen LogP contribution in [0.25, 0.3) is 0 Å². The molecule has 0 aromatic heterocycles. The van der Waals surface area contributed by atoms with Gasteiger partial charge in [0, 0.05) is 25.3 Å². The lowest BCUT2D eigenvalue weighted by Crippen LogP contribution is -2.23. The quantitative estimate of drug-likeness (QED) is 0.839. The highest BCUT2D eigenvalue weighted by Crippen LogP contribution is 2.23. The van der Waals surface area contributed by atoms with Crippen molar-refractivity contribution in [1.82, 2.24) is 4.90 Å². The number of benzene rings is 1. The van der Waals surface area contributed by atoms with Gasteiger partial charge in [-0.15, -0.1) is 0 Å². The molecular formula is C15H24N2. The summed E-state index contributed by atoms with van der Waals surface area (Å²) in [5.74, 6) is 0.785. The van der Waals surface area contributed by atoms with Crippen molar-refractivity contribution in [2.75, 3.05) is 25.5 Å². The number of hydrogen-bond donors (Lipinski definition) is 1. The van der Waals surface area contributed by atoms with E-state index in [0.717, 1.165) is 19.0 Å². The lowest BCUT2D eigenvalue weighted by Gasteiger charge is -2.20. The van der Waals surface area contributed by atoms with Crippen molar-refractivity contribution in [3.05, 3.63) is 29.3 Å². The minimum absolute atomic E-state index is 0.785. The van der Waals surface area contributed by atoms with Gasteiger partial charge < -0.3 is 10.2 Å². The van der Waals surface area contributed by atoms with E-state index in [1.807, 2.05) is 0 Å². The molecule has 1 atom stereocenters. The minimum Gasteiger partial charge on any atom is -0.384 e. The molecule has 0 spiro atoms. The Bertz CT molecular complexity index is 373. The first-order valence-corrected chi connectivity index (χ1v) is 6.73. The van der Waals surface area contributed by atoms with E-state index in [-0.39, 0.29) is 0 Å². The summed E-state index contributed by atoms with van der Waals surface area (Å²) in [5, 5.41) is 3.45. The molecule has 1 aliphatic heterocycles. The molecule has 0 radical (unpaired) electrons. The molecule has 1 N–H and O–H groups in total. The lowest BCUT2D eigenvalue weighted by atomic mass is 10.1. The van der Waals surface area contributed by atoms with Gasteiger partial charge in [-0.05, 0) is 36.6 Å². The van der Waals surface area contributed by atoms with Crippen molar-refractivity contribution >= 4 is 5.69 Å². The highest BCUT2D eigenvalue weighted by Gasteiger charge is 2.11. The maximum absolute atomic E-state index is 3.45. The van der Waals surface area contributed by atoms with Gasteiger partial charge in [0.2, 0.25) is 0 Å². The molecule has 0 fully saturated rings. The predicted molar refractivity (Wildman–Crippen MR) is 74.4 cm³/mol. The van der Waals surface area contributed by atoms with Crippen LogP contribution in [-0.4, -0.2) is 25.0 Å². The first-order valence-electron chi connectivity index (χ1n) is 6.73. The van der Waals surface area contributed by atoms with Crippen molar-refractivity contribution in [2.24, 2.45) is 5.92 Å². The predicted octanol–water partition coefficient (Wildman–Crippen LogP) is 3.13. The molecule has 94 valence electrons. The second kappa shape index (κ2) is 5.54. The molecule has 1 unspecified atom stereocenters. The van der Waals surface area contributed by atoms with Crippen molar-refractivity contribution in [1.29, 1.82) is 0 Å². The number of rotatable bonds is 5. The third-order valence-electron chi connectivity index (χ3n) is 3.66. The van der Waals surface area contributed by atoms with Gasteiger partial charge in [-0.2, -0.15) is 0 Å². The van der Waals surface area contributed by atoms with E-state index in [9.17, 15) is 0 Å². The second-order valence-corrected chi connectivity index (χ2v) is 5.38. The van der Waals surface area contributed by atoms with Crippen LogP contribution in [0.3, 0.4) is 0 Å². The van der Waals surface area contributed by atoms with Crippen LogP contribution in [0.1, 0.15) is 31.4 Å². The van der Waals surface area contributed by atoms with Gasteiger partial charge in [0.1, 0.15) is 0 Å². The summed E-state index contributed by atoms with van der Waals surface area (Å²) in [5.41, 5.74) is 4.24. The maximum atomic E-state index is 3.45. The van der Waals surface area contributed by atoms with Crippen molar-refractivity contribution in [2.45, 2.75) is 33.2 Å². The summed E-state index contributed by atoms with van der Waals surface area (Å²) in [6.45, 7) is 7.92. The summed E-state index contributed by atoms with van der Waals surface area (Å²) < 4.78 is 0. The Morgan fingerprint density at radius 3 is 3.00 bits per heavy atom. The second-order valence-electron chi connectivity index (χ2n) is 5.38. The van der Waals surface area contributed by atoms with Crippen LogP contribution in [0.2, 0.25) is 0 Å². The van der Waals surface area contributed by atoms with Crippen LogP contribution < -0.4 is 5.32 Å². The number of nitrogens with one attached hydrogen (secondary N) is 1. The summed E-state index contributed by atoms with van der Waals surface area (Å²) in [6, 6.07) is 6.87. The molecule has 2 heteroatoms. The van der Waals surface area contributed by atoms with E-state index >= 15 is 0 Å². The Kier molecular flexibility index (Phi) is 4.06. The van der Waals surface area contributed by atoms with Gasteiger partial charge in [0.15, 0.2) is 0 Å². The molecule has 1 aromatic rings. The van der Waals surface area contributed by atoms with Crippen molar-refractivity contribution < 1.29 is 0 Å². The number of hydrogen-bond acceptors (Lipinski definition) is 2. The van der Waals surface area contributed by atoms with Gasteiger partial charge in [-0.1, -0.05) is 32.4 Å². The maximum Gasteiger partial charge on any atom is 0.0376 e. The molecule has 1 aromatic carbocycles. The fraction of sp³-hybridized carbons (Fsp3) is 0.600. The molecule has 2 nitrogen and oxygen atoms in total. The standard InChI is InChI=1S/C15H24N2/c1-4-12(2)10-17(3)11-13-5-6-14-7-8-16-15(14)9-13/h5-6,9,12,16H,4,7-8,10-11H2,1-3H3. The summed E-state index contributed by atoms with van der Waals surface area (Å²) >= 11 is 0. The van der Waals surface area contributed by atoms with Crippen molar-refractivity contribution in [3.8, 4) is 0 Å². The molecule has 1 heterocycles. The van der Waals surface area contributed by atoms with Crippen LogP contribution in [0.15, 0.2) is 18.2 Å². The fourth-order valence-corrected chi connectivity index (χ4v) is 2.47. The minimum atomic E-state index is 0.785. The van der Waals surface area contributed by atoms with Gasteiger partial charge in [0.05, 0.1) is 0 Å². The molecule has 17 heavy (non-hydrogen) atoms. The third kappa shape index (κ3) is 3.22. The van der Waals surface area contributed by atoms with Crippen LogP contribution in [0.4, 0.5) is 5.69 Å². The fourth-order valence-electron chi connectivity index (χ4n) is 2.47. The van der Waals surface area contributed by atoms with E-state index in [0.29, 0.717) is 0 Å². The first-order chi connectivity index (χ1) is 8.19. The van der Waals surface area contributed by atoms with E-state index < -0.39 is 0 Å². The van der Waals surface area contributed by atoms with Gasteiger partial charge in [-0.3, -0.25) is 0 Å². The monoisotopic (exact) mass is 232 g/mol. The molecule has 1 aliphatic rings. The van der Waals surface area contributed by atoms with Crippen LogP contribution in [0, 0.1) is 5.92 Å². The first kappa shape index (κ1) is 12.4. The Morgan fingerprint density at radius 2 is 2.24 bits per heavy atom. The summed E-state index contributed by atoms with van der Waals surface area (Å²) in [6.07, 6.45) is 2.44. The highest BCUT2D eigenvalue weighted by atomic mass is 15.1. The highest BCUT2D eigenvalue weighted by molar-refractivity contribution is 5.56. The van der Waals surface area contributed by atoms with E-state index in [2.05, 4.69) is 49.3 Å². The molecule has 0 saturated carbocycles. The largest absolute Gasteiger partial charge is 0.384 e. The van der Waals surface area contributed by atoms with E-state index in [1.165, 1.54) is 36.2 Å². The average molecular weight is 232 g/mol. The summed E-state index contributed by atoms with van der Waals surface area (Å²) in [4.78, 5) is 2.42. The molecule has 0 bridgehead atoms. The zero-order valence-corrected chi connectivity index (χ0v) is 11.3. The van der Waals surface area contributed by atoms with Crippen molar-refractivity contribution in [3.63, 3.8) is 0 Å². The van der Waals surface area contributed by atoms with Crippen LogP contribution in [0.5, 0.6) is 0 Å². The third-order valence-corrected chi connectivity index (χ3v) is 3.66. The Balaban J connectivity index is 1.94. The van der Waals surface area contributed by atoms with E-state index in [4.69, 9.17) is 0 Å². The average Bonchev–Trinajstić information content (AvgIpc) is 2.75. The van der Waals surface area contributed by atoms with E-state index in [1.54, 1.807) is 0 Å². The van der Waals surface area contributed by atoms with Crippen LogP contribution in [-0.2, 0) is 13.0 Å². The number of fused-ring (bicyclic) bond motifs is 1. The van der Waals surface area contributed by atoms with Gasteiger partial charge in [-0.25, -0.2) is 0 Å². The Hall–Kier alpha value is -1.02. The van der Waals surface area contributed by atoms with Gasteiger partial charge >= 0.3 is 0 Å². The van der Waals surface area contributed by atoms with Crippen LogP contribution >= 0.6 is 0 Å². The normalized spacial score (nSPS) is 15.8. The smallest absolute Gasteiger partial charge is 0.0376 e. The number of nitrogens with zero attached hydrogens (tertiary/aromatic N) is 1.